The molecule has 0 aliphatic heterocycles. The molecule has 0 heterocycles. The fraction of sp³-hybridized carbons (Fsp3) is 0.240. The zero-order valence-corrected chi connectivity index (χ0v) is 17.7. The highest BCUT2D eigenvalue weighted by Crippen LogP contribution is 2.20. The van der Waals surface area contributed by atoms with E-state index in [1.807, 2.05) is 42.5 Å². The summed E-state index contributed by atoms with van der Waals surface area (Å²) in [5.74, 6) is 1.59. The zero-order chi connectivity index (χ0) is 20.5. The predicted molar refractivity (Wildman–Crippen MR) is 121 cm³/mol. The van der Waals surface area contributed by atoms with Crippen molar-refractivity contribution in [1.29, 1.82) is 0 Å². The molecule has 4 heteroatoms. The lowest BCUT2D eigenvalue weighted by Gasteiger charge is -2.18. The molecule has 3 rings (SSSR count). The molecule has 0 aromatic heterocycles. The van der Waals surface area contributed by atoms with Gasteiger partial charge in [-0.15, -0.1) is 11.8 Å². The number of hydrogen-bond donors (Lipinski definition) is 1. The Morgan fingerprint density at radius 2 is 1.66 bits per heavy atom. The van der Waals surface area contributed by atoms with Gasteiger partial charge in [-0.25, -0.2) is 0 Å². The monoisotopic (exact) mass is 405 g/mol. The summed E-state index contributed by atoms with van der Waals surface area (Å²) in [6.45, 7) is 4.76. The van der Waals surface area contributed by atoms with E-state index in [9.17, 15) is 4.79 Å². The molecule has 1 unspecified atom stereocenters. The number of thioether (sulfide) groups is 1. The molecular formula is C25H27NO2S. The summed E-state index contributed by atoms with van der Waals surface area (Å²) in [7, 11) is 0. The fourth-order valence-corrected chi connectivity index (χ4v) is 3.75. The largest absolute Gasteiger partial charge is 0.493 e. The van der Waals surface area contributed by atoms with E-state index in [2.05, 4.69) is 55.6 Å². The lowest BCUT2D eigenvalue weighted by atomic mass is 10.0. The average molecular weight is 406 g/mol. The Hall–Kier alpha value is -2.72. The highest BCUT2D eigenvalue weighted by Gasteiger charge is 2.14. The summed E-state index contributed by atoms with van der Waals surface area (Å²) in [6.07, 6.45) is 0.842. The van der Waals surface area contributed by atoms with Crippen molar-refractivity contribution in [3.63, 3.8) is 0 Å². The van der Waals surface area contributed by atoms with Gasteiger partial charge in [-0.2, -0.15) is 0 Å². The van der Waals surface area contributed by atoms with Crippen LogP contribution in [-0.4, -0.2) is 18.3 Å². The third-order valence-electron chi connectivity index (χ3n) is 4.67. The fourth-order valence-electron chi connectivity index (χ4n) is 3.00. The van der Waals surface area contributed by atoms with Crippen molar-refractivity contribution in [2.75, 3.05) is 12.4 Å². The van der Waals surface area contributed by atoms with Gasteiger partial charge >= 0.3 is 0 Å². The van der Waals surface area contributed by atoms with E-state index in [0.717, 1.165) is 23.5 Å². The van der Waals surface area contributed by atoms with Gasteiger partial charge in [0.25, 0.3) is 5.91 Å². The van der Waals surface area contributed by atoms with Crippen LogP contribution in [0, 0.1) is 6.92 Å². The first-order valence-corrected chi connectivity index (χ1v) is 10.9. The number of ether oxygens (including phenoxy) is 1. The van der Waals surface area contributed by atoms with Crippen LogP contribution >= 0.6 is 11.8 Å². The van der Waals surface area contributed by atoms with Gasteiger partial charge in [0.2, 0.25) is 0 Å². The number of benzene rings is 3. The minimum Gasteiger partial charge on any atom is -0.493 e. The molecule has 1 N–H and O–H groups in total. The lowest BCUT2D eigenvalue weighted by molar-refractivity contribution is 0.0935. The Labute approximate surface area is 177 Å². The third-order valence-corrected chi connectivity index (χ3v) is 5.65. The van der Waals surface area contributed by atoms with Crippen molar-refractivity contribution in [2.24, 2.45) is 0 Å². The van der Waals surface area contributed by atoms with Crippen molar-refractivity contribution < 1.29 is 9.53 Å². The van der Waals surface area contributed by atoms with Crippen molar-refractivity contribution in [3.05, 3.63) is 95.6 Å². The Morgan fingerprint density at radius 1 is 0.966 bits per heavy atom. The van der Waals surface area contributed by atoms with Gasteiger partial charge in [-0.3, -0.25) is 4.79 Å². The molecule has 0 bridgehead atoms. The second-order valence-electron chi connectivity index (χ2n) is 6.88. The number of carbonyl (C=O) groups excluding carboxylic acids is 1. The molecule has 3 aromatic rings. The number of aryl methyl sites for hydroxylation is 1. The number of amides is 1. The van der Waals surface area contributed by atoms with Crippen molar-refractivity contribution in [3.8, 4) is 5.75 Å². The number of hydrogen-bond acceptors (Lipinski definition) is 3. The van der Waals surface area contributed by atoms with E-state index in [1.165, 1.54) is 10.5 Å². The molecule has 0 spiro atoms. The van der Waals surface area contributed by atoms with Gasteiger partial charge in [0, 0.05) is 16.2 Å². The van der Waals surface area contributed by atoms with Gasteiger partial charge in [0.05, 0.1) is 12.6 Å². The maximum absolute atomic E-state index is 12.6. The molecule has 150 valence electrons. The van der Waals surface area contributed by atoms with Crippen LogP contribution in [0.25, 0.3) is 0 Å². The van der Waals surface area contributed by atoms with Gasteiger partial charge in [0.1, 0.15) is 5.75 Å². The molecule has 0 radical (unpaired) electrons. The summed E-state index contributed by atoms with van der Waals surface area (Å²) < 4.78 is 5.79. The van der Waals surface area contributed by atoms with E-state index < -0.39 is 0 Å². The van der Waals surface area contributed by atoms with Crippen molar-refractivity contribution in [2.45, 2.75) is 31.2 Å². The van der Waals surface area contributed by atoms with Crippen LogP contribution in [0.3, 0.4) is 0 Å². The molecule has 29 heavy (non-hydrogen) atoms. The van der Waals surface area contributed by atoms with E-state index in [-0.39, 0.29) is 11.9 Å². The summed E-state index contributed by atoms with van der Waals surface area (Å²) >= 11 is 1.77. The number of rotatable bonds is 9. The molecular weight excluding hydrogens is 378 g/mol. The first-order valence-electron chi connectivity index (χ1n) is 9.94. The first-order chi connectivity index (χ1) is 14.2. The SMILES string of the molecule is CCC(NC(=O)c1ccc(OCCSc2ccccc2)cc1)c1ccc(C)cc1. The van der Waals surface area contributed by atoms with Crippen LogP contribution in [0.15, 0.2) is 83.8 Å². The molecule has 0 saturated carbocycles. The van der Waals surface area contributed by atoms with Crippen LogP contribution in [0.1, 0.15) is 40.9 Å². The van der Waals surface area contributed by atoms with Crippen LogP contribution in [0.2, 0.25) is 0 Å². The topological polar surface area (TPSA) is 38.3 Å². The quantitative estimate of drug-likeness (QED) is 0.348. The van der Waals surface area contributed by atoms with Crippen LogP contribution < -0.4 is 10.1 Å². The van der Waals surface area contributed by atoms with E-state index in [4.69, 9.17) is 4.74 Å². The molecule has 1 atom stereocenters. The molecule has 0 fully saturated rings. The normalized spacial score (nSPS) is 11.7. The summed E-state index contributed by atoms with van der Waals surface area (Å²) in [4.78, 5) is 13.9. The third kappa shape index (κ3) is 6.40. The van der Waals surface area contributed by atoms with E-state index in [0.29, 0.717) is 12.2 Å². The Bertz CT molecular complexity index is 892. The van der Waals surface area contributed by atoms with E-state index in [1.54, 1.807) is 11.8 Å². The van der Waals surface area contributed by atoms with E-state index >= 15 is 0 Å². The smallest absolute Gasteiger partial charge is 0.251 e. The Morgan fingerprint density at radius 3 is 2.31 bits per heavy atom. The zero-order valence-electron chi connectivity index (χ0n) is 16.9. The standard InChI is InChI=1S/C25H27NO2S/c1-3-24(20-11-9-19(2)10-12-20)26-25(27)21-13-15-22(16-14-21)28-17-18-29-23-7-5-4-6-8-23/h4-16,24H,3,17-18H2,1-2H3,(H,26,27). The minimum absolute atomic E-state index is 0.00837. The Kier molecular flexibility index (Phi) is 7.77. The second-order valence-corrected chi connectivity index (χ2v) is 8.05. The maximum Gasteiger partial charge on any atom is 0.251 e. The molecule has 3 aromatic carbocycles. The van der Waals surface area contributed by atoms with Crippen LogP contribution in [-0.2, 0) is 0 Å². The highest BCUT2D eigenvalue weighted by atomic mass is 32.2. The second kappa shape index (κ2) is 10.7. The predicted octanol–water partition coefficient (Wildman–Crippen LogP) is 6.05. The first kappa shape index (κ1) is 21.0. The van der Waals surface area contributed by atoms with Gasteiger partial charge in [-0.1, -0.05) is 55.0 Å². The van der Waals surface area contributed by atoms with Gasteiger partial charge in [0.15, 0.2) is 0 Å². The molecule has 0 aliphatic rings. The molecule has 3 nitrogen and oxygen atoms in total. The molecule has 0 saturated heterocycles. The lowest BCUT2D eigenvalue weighted by Crippen LogP contribution is -2.28. The Balaban J connectivity index is 1.49. The molecule has 1 amide bonds. The summed E-state index contributed by atoms with van der Waals surface area (Å²) in [6, 6.07) is 25.9. The van der Waals surface area contributed by atoms with Crippen molar-refractivity contribution >= 4 is 17.7 Å². The highest BCUT2D eigenvalue weighted by molar-refractivity contribution is 7.99. The van der Waals surface area contributed by atoms with Crippen LogP contribution in [0.5, 0.6) is 5.75 Å². The van der Waals surface area contributed by atoms with Crippen LogP contribution in [0.4, 0.5) is 0 Å². The number of nitrogens with one attached hydrogen (secondary N) is 1. The average Bonchev–Trinajstić information content (AvgIpc) is 2.77. The number of carbonyl (C=O) groups is 1. The minimum atomic E-state index is -0.0661. The molecule has 0 aliphatic carbocycles. The summed E-state index contributed by atoms with van der Waals surface area (Å²) in [5.41, 5.74) is 2.98. The van der Waals surface area contributed by atoms with Crippen molar-refractivity contribution in [1.82, 2.24) is 5.32 Å². The maximum atomic E-state index is 12.6. The van der Waals surface area contributed by atoms with Gasteiger partial charge in [-0.05, 0) is 55.3 Å². The van der Waals surface area contributed by atoms with Gasteiger partial charge < -0.3 is 10.1 Å². The summed E-state index contributed by atoms with van der Waals surface area (Å²) in [5, 5.41) is 3.13.